The Morgan fingerprint density at radius 3 is 2.74 bits per heavy atom. The minimum absolute atomic E-state index is 0.0719. The summed E-state index contributed by atoms with van der Waals surface area (Å²) in [5, 5.41) is 10.5. The van der Waals surface area contributed by atoms with E-state index in [1.807, 2.05) is 13.0 Å². The topological polar surface area (TPSA) is 114 Å². The van der Waals surface area contributed by atoms with Gasteiger partial charge in [-0.2, -0.15) is 5.10 Å². The predicted octanol–water partition coefficient (Wildman–Crippen LogP) is 6.68. The Balaban J connectivity index is 1.34. The fourth-order valence-electron chi connectivity index (χ4n) is 4.57. The summed E-state index contributed by atoms with van der Waals surface area (Å²) in [5.74, 6) is 0.191. The van der Waals surface area contributed by atoms with Crippen molar-refractivity contribution in [3.63, 3.8) is 0 Å². The van der Waals surface area contributed by atoms with Crippen molar-refractivity contribution in [1.82, 2.24) is 15.2 Å². The molecule has 0 atom stereocenters. The number of para-hydroxylation sites is 1. The summed E-state index contributed by atoms with van der Waals surface area (Å²) in [5.41, 5.74) is 6.28. The summed E-state index contributed by atoms with van der Waals surface area (Å²) < 4.78 is 11.8. The van der Waals surface area contributed by atoms with E-state index in [0.717, 1.165) is 27.8 Å². The Hall–Kier alpha value is -4.98. The van der Waals surface area contributed by atoms with Crippen LogP contribution in [0.2, 0.25) is 0 Å². The third-order valence-corrected chi connectivity index (χ3v) is 6.59. The Labute approximate surface area is 217 Å². The summed E-state index contributed by atoms with van der Waals surface area (Å²) >= 11 is 0. The maximum Gasteiger partial charge on any atom is 0.262 e. The number of anilines is 1. The van der Waals surface area contributed by atoms with Crippen LogP contribution in [0.1, 0.15) is 41.3 Å². The smallest absolute Gasteiger partial charge is 0.262 e. The number of amides is 1. The third-order valence-electron chi connectivity index (χ3n) is 6.59. The molecule has 188 valence electrons. The molecule has 0 aliphatic carbocycles. The standard InChI is InChI=1S/C30H24N4O4/c1-16(2)20-12-11-17(3)25-28(20)38-30(33-25)22-14-31-34-26(22)18-7-6-8-19(13-18)32-29(36)23-15-37-24-10-5-4-9-21(24)27(23)35/h4-16H,1-3H3,(H,31,34)(H,32,36). The number of carbonyl (C=O) groups is 1. The monoisotopic (exact) mass is 504 g/mol. The summed E-state index contributed by atoms with van der Waals surface area (Å²) in [6.45, 7) is 6.26. The average Bonchev–Trinajstić information content (AvgIpc) is 3.57. The van der Waals surface area contributed by atoms with E-state index in [2.05, 4.69) is 41.5 Å². The Morgan fingerprint density at radius 1 is 1.05 bits per heavy atom. The van der Waals surface area contributed by atoms with Gasteiger partial charge in [0.2, 0.25) is 11.3 Å². The fraction of sp³-hybridized carbons (Fsp3) is 0.133. The molecule has 6 aromatic rings. The van der Waals surface area contributed by atoms with Crippen LogP contribution in [0.3, 0.4) is 0 Å². The molecule has 3 aromatic carbocycles. The second-order valence-corrected chi connectivity index (χ2v) is 9.48. The minimum Gasteiger partial charge on any atom is -0.463 e. The van der Waals surface area contributed by atoms with E-state index in [1.54, 1.807) is 48.7 Å². The molecule has 0 spiro atoms. The molecule has 8 nitrogen and oxygen atoms in total. The van der Waals surface area contributed by atoms with E-state index >= 15 is 0 Å². The molecule has 38 heavy (non-hydrogen) atoms. The Kier molecular flexibility index (Phi) is 5.64. The largest absolute Gasteiger partial charge is 0.463 e. The lowest BCUT2D eigenvalue weighted by Gasteiger charge is -2.07. The normalized spacial score (nSPS) is 11.5. The van der Waals surface area contributed by atoms with Crippen LogP contribution in [0, 0.1) is 6.92 Å². The van der Waals surface area contributed by atoms with Gasteiger partial charge >= 0.3 is 0 Å². The van der Waals surface area contributed by atoms with Gasteiger partial charge in [0, 0.05) is 17.4 Å². The van der Waals surface area contributed by atoms with E-state index in [-0.39, 0.29) is 16.9 Å². The van der Waals surface area contributed by atoms with Gasteiger partial charge in [0.1, 0.15) is 28.6 Å². The maximum atomic E-state index is 13.0. The maximum absolute atomic E-state index is 13.0. The molecule has 0 fully saturated rings. The quantitative estimate of drug-likeness (QED) is 0.271. The van der Waals surface area contributed by atoms with Crippen LogP contribution >= 0.6 is 0 Å². The van der Waals surface area contributed by atoms with E-state index in [1.165, 1.54) is 6.26 Å². The van der Waals surface area contributed by atoms with Crippen molar-refractivity contribution in [3.05, 3.63) is 100 Å². The molecule has 3 heterocycles. The molecule has 0 bridgehead atoms. The van der Waals surface area contributed by atoms with Crippen LogP contribution in [0.25, 0.3) is 44.8 Å². The van der Waals surface area contributed by atoms with Gasteiger partial charge in [-0.1, -0.05) is 50.2 Å². The zero-order chi connectivity index (χ0) is 26.4. The zero-order valence-corrected chi connectivity index (χ0v) is 21.0. The van der Waals surface area contributed by atoms with E-state index < -0.39 is 5.91 Å². The van der Waals surface area contributed by atoms with Gasteiger partial charge in [-0.3, -0.25) is 14.7 Å². The highest BCUT2D eigenvalue weighted by molar-refractivity contribution is 6.05. The number of carbonyl (C=O) groups excluding carboxylic acids is 1. The molecule has 8 heteroatoms. The lowest BCUT2D eigenvalue weighted by molar-refractivity contribution is 0.102. The summed E-state index contributed by atoms with van der Waals surface area (Å²) in [4.78, 5) is 30.6. The third kappa shape index (κ3) is 3.96. The van der Waals surface area contributed by atoms with Gasteiger partial charge in [0.25, 0.3) is 5.91 Å². The highest BCUT2D eigenvalue weighted by atomic mass is 16.3. The van der Waals surface area contributed by atoms with Crippen molar-refractivity contribution in [2.45, 2.75) is 26.7 Å². The number of hydrogen-bond acceptors (Lipinski definition) is 6. The van der Waals surface area contributed by atoms with Crippen LogP contribution in [0.15, 0.2) is 86.8 Å². The van der Waals surface area contributed by atoms with Gasteiger partial charge in [-0.15, -0.1) is 0 Å². The van der Waals surface area contributed by atoms with Gasteiger partial charge in [-0.05, 0) is 48.2 Å². The lowest BCUT2D eigenvalue weighted by atomic mass is 10.0. The summed E-state index contributed by atoms with van der Waals surface area (Å²) in [6.07, 6.45) is 2.94. The van der Waals surface area contributed by atoms with Crippen molar-refractivity contribution in [3.8, 4) is 22.7 Å². The first-order chi connectivity index (χ1) is 18.4. The van der Waals surface area contributed by atoms with Crippen LogP contribution in [-0.4, -0.2) is 21.1 Å². The van der Waals surface area contributed by atoms with Crippen molar-refractivity contribution < 1.29 is 13.6 Å². The van der Waals surface area contributed by atoms with Crippen LogP contribution < -0.4 is 10.7 Å². The van der Waals surface area contributed by atoms with Crippen molar-refractivity contribution in [2.24, 2.45) is 0 Å². The number of hydrogen-bond donors (Lipinski definition) is 2. The van der Waals surface area contributed by atoms with Crippen LogP contribution in [-0.2, 0) is 0 Å². The fourth-order valence-corrected chi connectivity index (χ4v) is 4.57. The van der Waals surface area contributed by atoms with Gasteiger partial charge in [-0.25, -0.2) is 4.98 Å². The molecule has 0 aliphatic rings. The molecular weight excluding hydrogens is 480 g/mol. The lowest BCUT2D eigenvalue weighted by Crippen LogP contribution is -2.21. The van der Waals surface area contributed by atoms with Crippen molar-refractivity contribution in [2.75, 3.05) is 5.32 Å². The highest BCUT2D eigenvalue weighted by Gasteiger charge is 2.20. The number of aromatic nitrogens is 3. The van der Waals surface area contributed by atoms with Gasteiger partial charge < -0.3 is 14.2 Å². The number of rotatable bonds is 5. The van der Waals surface area contributed by atoms with Crippen molar-refractivity contribution >= 4 is 33.7 Å². The number of oxazole rings is 1. The Morgan fingerprint density at radius 2 is 1.89 bits per heavy atom. The van der Waals surface area contributed by atoms with Gasteiger partial charge in [0.05, 0.1) is 10.9 Å². The molecule has 1 amide bonds. The number of fused-ring (bicyclic) bond motifs is 2. The second kappa shape index (κ2) is 9.15. The number of nitrogens with zero attached hydrogens (tertiary/aromatic N) is 2. The molecule has 0 radical (unpaired) electrons. The van der Waals surface area contributed by atoms with Crippen LogP contribution in [0.4, 0.5) is 5.69 Å². The number of aromatic amines is 1. The number of aryl methyl sites for hydroxylation is 1. The first-order valence-corrected chi connectivity index (χ1v) is 12.3. The molecule has 3 aromatic heterocycles. The molecule has 0 aliphatic heterocycles. The molecule has 2 N–H and O–H groups in total. The second-order valence-electron chi connectivity index (χ2n) is 9.48. The zero-order valence-electron chi connectivity index (χ0n) is 21.0. The van der Waals surface area contributed by atoms with E-state index in [4.69, 9.17) is 13.8 Å². The number of benzene rings is 3. The summed E-state index contributed by atoms with van der Waals surface area (Å²) in [6, 6.07) is 18.2. The molecule has 0 unspecified atom stereocenters. The van der Waals surface area contributed by atoms with Crippen molar-refractivity contribution in [1.29, 1.82) is 0 Å². The molecule has 6 rings (SSSR count). The SMILES string of the molecule is Cc1ccc(C(C)C)c2oc(-c3c[nH]nc3-c3cccc(NC(=O)c4coc5ccccc5c4=O)c3)nc12. The van der Waals surface area contributed by atoms with E-state index in [9.17, 15) is 9.59 Å². The number of nitrogens with one attached hydrogen (secondary N) is 2. The Bertz CT molecular complexity index is 1890. The van der Waals surface area contributed by atoms with E-state index in [0.29, 0.717) is 33.8 Å². The minimum atomic E-state index is -0.556. The highest BCUT2D eigenvalue weighted by Crippen LogP contribution is 2.36. The van der Waals surface area contributed by atoms with Crippen LogP contribution in [0.5, 0.6) is 0 Å². The molecule has 0 saturated heterocycles. The molecule has 0 saturated carbocycles. The number of H-pyrrole nitrogens is 1. The first-order valence-electron chi connectivity index (χ1n) is 12.3. The average molecular weight is 505 g/mol. The van der Waals surface area contributed by atoms with Gasteiger partial charge in [0.15, 0.2) is 5.58 Å². The molecular formula is C30H24N4O4. The summed E-state index contributed by atoms with van der Waals surface area (Å²) in [7, 11) is 0. The first kappa shape index (κ1) is 23.4. The predicted molar refractivity (Wildman–Crippen MR) is 146 cm³/mol.